The summed E-state index contributed by atoms with van der Waals surface area (Å²) in [6.45, 7) is 5.85. The van der Waals surface area contributed by atoms with Crippen molar-refractivity contribution in [3.05, 3.63) is 23.9 Å². The Labute approximate surface area is 121 Å². The van der Waals surface area contributed by atoms with E-state index in [9.17, 15) is 4.79 Å². The Morgan fingerprint density at radius 1 is 1.21 bits per heavy atom. The lowest BCUT2D eigenvalue weighted by atomic mass is 10.2. The third-order valence-corrected chi connectivity index (χ3v) is 2.84. The molecule has 2 N–H and O–H groups in total. The number of halogens is 1. The van der Waals surface area contributed by atoms with Gasteiger partial charge < -0.3 is 10.6 Å². The summed E-state index contributed by atoms with van der Waals surface area (Å²) in [6, 6.07) is 5.19. The fourth-order valence-corrected chi connectivity index (χ4v) is 1.75. The van der Waals surface area contributed by atoms with E-state index in [1.165, 1.54) is 0 Å². The molecule has 1 heterocycles. The van der Waals surface area contributed by atoms with Crippen molar-refractivity contribution in [1.82, 2.24) is 9.88 Å². The summed E-state index contributed by atoms with van der Waals surface area (Å²) in [5.74, 6) is 0.385. The molecule has 0 radical (unpaired) electrons. The van der Waals surface area contributed by atoms with Crippen LogP contribution in [0.1, 0.15) is 50.0 Å². The van der Waals surface area contributed by atoms with Crippen LogP contribution in [0, 0.1) is 0 Å². The molecule has 0 unspecified atom stereocenters. The van der Waals surface area contributed by atoms with Gasteiger partial charge in [0.05, 0.1) is 0 Å². The van der Waals surface area contributed by atoms with Crippen LogP contribution < -0.4 is 5.73 Å². The van der Waals surface area contributed by atoms with Crippen molar-refractivity contribution in [3.8, 4) is 0 Å². The quantitative estimate of drug-likeness (QED) is 0.837. The molecule has 0 saturated carbocycles. The smallest absolute Gasteiger partial charge is 0.272 e. The Morgan fingerprint density at radius 2 is 1.79 bits per heavy atom. The van der Waals surface area contributed by atoms with E-state index in [0.29, 0.717) is 11.5 Å². The summed E-state index contributed by atoms with van der Waals surface area (Å²) in [7, 11) is 0. The summed E-state index contributed by atoms with van der Waals surface area (Å²) in [4.78, 5) is 18.3. The van der Waals surface area contributed by atoms with Gasteiger partial charge in [-0.15, -0.1) is 12.4 Å². The Hall–Kier alpha value is -1.29. The number of carbonyl (C=O) groups excluding carboxylic acids is 1. The van der Waals surface area contributed by atoms with Crippen molar-refractivity contribution in [2.24, 2.45) is 0 Å². The molecule has 0 aliphatic rings. The molecule has 0 fully saturated rings. The third-order valence-electron chi connectivity index (χ3n) is 2.84. The molecule has 0 aromatic carbocycles. The second kappa shape index (κ2) is 9.62. The highest BCUT2D eigenvalue weighted by Gasteiger charge is 2.15. The van der Waals surface area contributed by atoms with Crippen LogP contribution in [-0.4, -0.2) is 28.9 Å². The number of aromatic nitrogens is 1. The van der Waals surface area contributed by atoms with E-state index >= 15 is 0 Å². The van der Waals surface area contributed by atoms with Crippen LogP contribution in [0.2, 0.25) is 0 Å². The van der Waals surface area contributed by atoms with Gasteiger partial charge in [-0.1, -0.05) is 32.8 Å². The standard InChI is InChI=1S/C14H23N3O.ClH/c1-3-5-10-17(11-6-4-2)14(18)12-8-7-9-13(15)16-12;/h7-9H,3-6,10-11H2,1-2H3,(H2,15,16);1H. The van der Waals surface area contributed by atoms with Crippen LogP contribution in [0.25, 0.3) is 0 Å². The van der Waals surface area contributed by atoms with Crippen molar-refractivity contribution < 1.29 is 4.79 Å². The van der Waals surface area contributed by atoms with Crippen LogP contribution in [0.5, 0.6) is 0 Å². The number of unbranched alkanes of at least 4 members (excludes halogenated alkanes) is 2. The zero-order valence-electron chi connectivity index (χ0n) is 11.8. The van der Waals surface area contributed by atoms with Gasteiger partial charge in [-0.3, -0.25) is 4.79 Å². The first-order chi connectivity index (χ1) is 8.69. The van der Waals surface area contributed by atoms with Gasteiger partial charge in [0.25, 0.3) is 5.91 Å². The maximum atomic E-state index is 12.3. The van der Waals surface area contributed by atoms with Gasteiger partial charge in [-0.05, 0) is 25.0 Å². The van der Waals surface area contributed by atoms with Crippen molar-refractivity contribution >= 4 is 24.1 Å². The fraction of sp³-hybridized carbons (Fsp3) is 0.571. The topological polar surface area (TPSA) is 59.2 Å². The number of hydrogen-bond acceptors (Lipinski definition) is 3. The maximum Gasteiger partial charge on any atom is 0.272 e. The van der Waals surface area contributed by atoms with Crippen LogP contribution in [0.15, 0.2) is 18.2 Å². The van der Waals surface area contributed by atoms with Gasteiger partial charge in [-0.2, -0.15) is 0 Å². The molecule has 1 rings (SSSR count). The molecule has 4 nitrogen and oxygen atoms in total. The van der Waals surface area contributed by atoms with Crippen LogP contribution in [0.3, 0.4) is 0 Å². The lowest BCUT2D eigenvalue weighted by Crippen LogP contribution is -2.33. The first-order valence-corrected chi connectivity index (χ1v) is 6.70. The predicted octanol–water partition coefficient (Wildman–Crippen LogP) is 3.13. The number of rotatable bonds is 7. The zero-order valence-corrected chi connectivity index (χ0v) is 12.6. The average Bonchev–Trinajstić information content (AvgIpc) is 2.38. The number of nitrogens with two attached hydrogens (primary N) is 1. The summed E-state index contributed by atoms with van der Waals surface area (Å²) < 4.78 is 0. The van der Waals surface area contributed by atoms with Crippen LogP contribution >= 0.6 is 12.4 Å². The number of nitrogen functional groups attached to an aromatic ring is 1. The minimum Gasteiger partial charge on any atom is -0.384 e. The third kappa shape index (κ3) is 5.92. The van der Waals surface area contributed by atoms with Crippen molar-refractivity contribution in [3.63, 3.8) is 0 Å². The van der Waals surface area contributed by atoms with E-state index < -0.39 is 0 Å². The molecule has 0 spiro atoms. The van der Waals surface area contributed by atoms with Crippen molar-refractivity contribution in [2.45, 2.75) is 39.5 Å². The Balaban J connectivity index is 0.00000324. The summed E-state index contributed by atoms with van der Waals surface area (Å²) in [5.41, 5.74) is 6.06. The molecule has 1 amide bonds. The first-order valence-electron chi connectivity index (χ1n) is 6.70. The molecular formula is C14H24ClN3O. The van der Waals surface area contributed by atoms with Gasteiger partial charge in [0.2, 0.25) is 0 Å². The Bertz CT molecular complexity index is 377. The SMILES string of the molecule is CCCCN(CCCC)C(=O)c1cccc(N)n1.Cl. The summed E-state index contributed by atoms with van der Waals surface area (Å²) >= 11 is 0. The molecule has 108 valence electrons. The molecule has 19 heavy (non-hydrogen) atoms. The lowest BCUT2D eigenvalue weighted by molar-refractivity contribution is 0.0745. The van der Waals surface area contributed by atoms with E-state index in [-0.39, 0.29) is 18.3 Å². The molecule has 0 bridgehead atoms. The minimum absolute atomic E-state index is 0. The normalized spacial score (nSPS) is 9.79. The molecule has 1 aromatic heterocycles. The van der Waals surface area contributed by atoms with Crippen molar-refractivity contribution in [2.75, 3.05) is 18.8 Å². The Morgan fingerprint density at radius 3 is 2.26 bits per heavy atom. The van der Waals surface area contributed by atoms with Crippen LogP contribution in [0.4, 0.5) is 5.82 Å². The number of amides is 1. The number of nitrogens with zero attached hydrogens (tertiary/aromatic N) is 2. The number of carbonyl (C=O) groups is 1. The van der Waals surface area contributed by atoms with Gasteiger partial charge in [0.1, 0.15) is 11.5 Å². The van der Waals surface area contributed by atoms with Gasteiger partial charge in [0.15, 0.2) is 0 Å². The van der Waals surface area contributed by atoms with E-state index in [0.717, 1.165) is 38.8 Å². The van der Waals surface area contributed by atoms with E-state index in [4.69, 9.17) is 5.73 Å². The maximum absolute atomic E-state index is 12.3. The van der Waals surface area contributed by atoms with E-state index in [2.05, 4.69) is 18.8 Å². The average molecular weight is 286 g/mol. The lowest BCUT2D eigenvalue weighted by Gasteiger charge is -2.22. The van der Waals surface area contributed by atoms with Gasteiger partial charge in [-0.25, -0.2) is 4.98 Å². The second-order valence-electron chi connectivity index (χ2n) is 4.45. The fourth-order valence-electron chi connectivity index (χ4n) is 1.75. The van der Waals surface area contributed by atoms with Gasteiger partial charge >= 0.3 is 0 Å². The molecule has 1 aromatic rings. The highest BCUT2D eigenvalue weighted by Crippen LogP contribution is 2.08. The van der Waals surface area contributed by atoms with Crippen LogP contribution in [-0.2, 0) is 0 Å². The zero-order chi connectivity index (χ0) is 13.4. The van der Waals surface area contributed by atoms with E-state index in [1.54, 1.807) is 18.2 Å². The first kappa shape index (κ1) is 17.7. The number of hydrogen-bond donors (Lipinski definition) is 1. The number of anilines is 1. The Kier molecular flexibility index (Phi) is 8.96. The highest BCUT2D eigenvalue weighted by atomic mass is 35.5. The highest BCUT2D eigenvalue weighted by molar-refractivity contribution is 5.92. The molecule has 0 aliphatic carbocycles. The van der Waals surface area contributed by atoms with Gasteiger partial charge in [0, 0.05) is 13.1 Å². The minimum atomic E-state index is -0.01000. The monoisotopic (exact) mass is 285 g/mol. The molecule has 0 atom stereocenters. The second-order valence-corrected chi connectivity index (χ2v) is 4.45. The molecular weight excluding hydrogens is 262 g/mol. The summed E-state index contributed by atoms with van der Waals surface area (Å²) in [6.07, 6.45) is 4.22. The van der Waals surface area contributed by atoms with Crippen molar-refractivity contribution in [1.29, 1.82) is 0 Å². The largest absolute Gasteiger partial charge is 0.384 e. The predicted molar refractivity (Wildman–Crippen MR) is 81.6 cm³/mol. The molecule has 0 saturated heterocycles. The number of pyridine rings is 1. The molecule has 0 aliphatic heterocycles. The van der Waals surface area contributed by atoms with E-state index in [1.807, 2.05) is 4.90 Å². The summed E-state index contributed by atoms with van der Waals surface area (Å²) in [5, 5.41) is 0. The molecule has 5 heteroatoms.